The van der Waals surface area contributed by atoms with Crippen molar-refractivity contribution in [2.24, 2.45) is 5.92 Å². The maximum Gasteiger partial charge on any atom is 0.0783 e. The van der Waals surface area contributed by atoms with Crippen LogP contribution in [-0.4, -0.2) is 19.3 Å². The van der Waals surface area contributed by atoms with E-state index in [9.17, 15) is 5.11 Å². The molecule has 0 aromatic carbocycles. The van der Waals surface area contributed by atoms with Crippen LogP contribution in [0.3, 0.4) is 0 Å². The monoisotopic (exact) mass is 268 g/mol. The van der Waals surface area contributed by atoms with Crippen LogP contribution in [0.25, 0.3) is 0 Å². The van der Waals surface area contributed by atoms with Gasteiger partial charge in [-0.05, 0) is 13.3 Å². The molecule has 0 fully saturated rings. The van der Waals surface area contributed by atoms with Crippen LogP contribution >= 0.6 is 0 Å². The van der Waals surface area contributed by atoms with Gasteiger partial charge in [-0.15, -0.1) is 0 Å². The lowest BCUT2D eigenvalue weighted by Crippen LogP contribution is -2.20. The second-order valence-corrected chi connectivity index (χ2v) is 11.3. The van der Waals surface area contributed by atoms with Gasteiger partial charge in [0.25, 0.3) is 0 Å². The lowest BCUT2D eigenvalue weighted by Gasteiger charge is -2.19. The van der Waals surface area contributed by atoms with Gasteiger partial charge >= 0.3 is 0 Å². The molecule has 2 heteroatoms. The van der Waals surface area contributed by atoms with E-state index in [1.54, 1.807) is 0 Å². The first-order valence-corrected chi connectivity index (χ1v) is 11.0. The molecule has 0 saturated carbocycles. The van der Waals surface area contributed by atoms with Crippen molar-refractivity contribution in [2.45, 2.75) is 71.7 Å². The average Bonchev–Trinajstić information content (AvgIpc) is 2.27. The summed E-state index contributed by atoms with van der Waals surface area (Å²) in [6.07, 6.45) is 12.0. The van der Waals surface area contributed by atoms with E-state index in [0.717, 1.165) is 6.42 Å². The summed E-state index contributed by atoms with van der Waals surface area (Å²) in [4.78, 5) is 0. The summed E-state index contributed by atoms with van der Waals surface area (Å²) in [6.45, 7) is 11.2. The third-order valence-corrected chi connectivity index (χ3v) is 4.26. The van der Waals surface area contributed by atoms with Gasteiger partial charge in [-0.3, -0.25) is 0 Å². The first kappa shape index (κ1) is 17.7. The number of hydrogen-bond acceptors (Lipinski definition) is 1. The fourth-order valence-electron chi connectivity index (χ4n) is 1.94. The molecule has 0 aliphatic rings. The minimum atomic E-state index is -1.16. The van der Waals surface area contributed by atoms with Crippen LogP contribution in [-0.2, 0) is 0 Å². The van der Waals surface area contributed by atoms with Crippen molar-refractivity contribution in [1.82, 2.24) is 0 Å². The van der Waals surface area contributed by atoms with E-state index in [-0.39, 0.29) is 6.10 Å². The van der Waals surface area contributed by atoms with Crippen LogP contribution in [0.5, 0.6) is 0 Å². The Hall–Kier alpha value is -0.343. The van der Waals surface area contributed by atoms with Crippen LogP contribution in [0.1, 0.15) is 46.0 Å². The maximum atomic E-state index is 10.1. The molecule has 0 radical (unpaired) electrons. The van der Waals surface area contributed by atoms with Crippen molar-refractivity contribution < 1.29 is 5.11 Å². The first-order valence-electron chi connectivity index (χ1n) is 7.41. The lowest BCUT2D eigenvalue weighted by molar-refractivity contribution is 0.169. The zero-order valence-electron chi connectivity index (χ0n) is 12.9. The molecule has 0 aliphatic heterocycles. The number of aliphatic hydroxyl groups excluding tert-OH is 1. The Balaban J connectivity index is 4.38. The highest BCUT2D eigenvalue weighted by Crippen LogP contribution is 2.19. The fourth-order valence-corrected chi connectivity index (χ4v) is 2.76. The Bertz CT molecular complexity index is 250. The van der Waals surface area contributed by atoms with Gasteiger partial charge in [0.15, 0.2) is 0 Å². The summed E-state index contributed by atoms with van der Waals surface area (Å²) in [7, 11) is -1.16. The highest BCUT2D eigenvalue weighted by atomic mass is 28.3. The van der Waals surface area contributed by atoms with E-state index < -0.39 is 8.07 Å². The van der Waals surface area contributed by atoms with E-state index in [4.69, 9.17) is 0 Å². The van der Waals surface area contributed by atoms with Crippen LogP contribution < -0.4 is 0 Å². The van der Waals surface area contributed by atoms with Crippen LogP contribution in [0.2, 0.25) is 19.6 Å². The number of unbranched alkanes of at least 4 members (excludes halogenated alkanes) is 3. The summed E-state index contributed by atoms with van der Waals surface area (Å²) in [6, 6.07) is 0. The summed E-state index contributed by atoms with van der Waals surface area (Å²) in [5, 5.41) is 10.1. The highest BCUT2D eigenvalue weighted by Gasteiger charge is 2.15. The number of hydrogen-bond donors (Lipinski definition) is 1. The zero-order chi connectivity index (χ0) is 14.0. The molecule has 0 rings (SSSR count). The summed E-state index contributed by atoms with van der Waals surface area (Å²) in [5.41, 5.74) is 2.37. The Morgan fingerprint density at radius 3 is 2.22 bits per heavy atom. The van der Waals surface area contributed by atoms with E-state index in [2.05, 4.69) is 38.3 Å². The molecule has 0 aromatic heterocycles. The van der Waals surface area contributed by atoms with Gasteiger partial charge < -0.3 is 5.11 Å². The van der Waals surface area contributed by atoms with Crippen molar-refractivity contribution in [1.29, 1.82) is 0 Å². The molecule has 0 amide bonds. The van der Waals surface area contributed by atoms with Gasteiger partial charge in [0.2, 0.25) is 0 Å². The fraction of sp³-hybridized carbons (Fsp3) is 0.750. The Morgan fingerprint density at radius 1 is 1.06 bits per heavy atom. The van der Waals surface area contributed by atoms with Gasteiger partial charge in [0, 0.05) is 5.92 Å². The lowest BCUT2D eigenvalue weighted by atomic mass is 9.95. The molecule has 0 spiro atoms. The number of aliphatic hydroxyl groups is 1. The normalized spacial score (nSPS) is 16.6. The topological polar surface area (TPSA) is 20.2 Å². The molecule has 0 aliphatic carbocycles. The number of allylic oxidation sites excluding steroid dienone is 1. The molecular weight excluding hydrogens is 236 g/mol. The van der Waals surface area contributed by atoms with E-state index in [1.807, 2.05) is 19.1 Å². The molecule has 0 saturated heterocycles. The maximum absolute atomic E-state index is 10.1. The molecule has 0 aromatic rings. The Labute approximate surface area is 115 Å². The Kier molecular flexibility index (Phi) is 9.39. The molecule has 0 unspecified atom stereocenters. The SMILES string of the molecule is C/C=C/[C@@H](O)[C@H](/C=C/[Si](C)(C)C)CCCCCC. The second kappa shape index (κ2) is 9.57. The van der Waals surface area contributed by atoms with Gasteiger partial charge in [-0.25, -0.2) is 0 Å². The van der Waals surface area contributed by atoms with Crippen molar-refractivity contribution in [3.8, 4) is 0 Å². The van der Waals surface area contributed by atoms with Gasteiger partial charge in [0.05, 0.1) is 14.2 Å². The minimum absolute atomic E-state index is 0.296. The van der Waals surface area contributed by atoms with E-state index >= 15 is 0 Å². The van der Waals surface area contributed by atoms with E-state index in [0.29, 0.717) is 5.92 Å². The standard InChI is InChI=1S/C16H32OSi/c1-6-8-9-10-12-15(16(17)11-7-2)13-14-18(3,4)5/h7,11,13-17H,6,8-10,12H2,1-5H3/b11-7+,14-13+/t15-,16+/m0/s1. The smallest absolute Gasteiger partial charge is 0.0783 e. The van der Waals surface area contributed by atoms with Crippen molar-refractivity contribution in [2.75, 3.05) is 0 Å². The molecule has 0 bridgehead atoms. The van der Waals surface area contributed by atoms with Gasteiger partial charge in [-0.1, -0.05) is 76.2 Å². The largest absolute Gasteiger partial charge is 0.388 e. The first-order chi connectivity index (χ1) is 8.40. The molecular formula is C16H32OSi. The second-order valence-electron chi connectivity index (χ2n) is 6.25. The zero-order valence-corrected chi connectivity index (χ0v) is 13.9. The molecule has 1 N–H and O–H groups in total. The minimum Gasteiger partial charge on any atom is -0.388 e. The van der Waals surface area contributed by atoms with Crippen LogP contribution in [0.15, 0.2) is 23.9 Å². The predicted octanol–water partition coefficient (Wildman–Crippen LogP) is 4.94. The summed E-state index contributed by atoms with van der Waals surface area (Å²) >= 11 is 0. The predicted molar refractivity (Wildman–Crippen MR) is 85.6 cm³/mol. The Morgan fingerprint density at radius 2 is 1.72 bits per heavy atom. The van der Waals surface area contributed by atoms with Crippen molar-refractivity contribution in [3.05, 3.63) is 23.9 Å². The molecule has 0 heterocycles. The summed E-state index contributed by atoms with van der Waals surface area (Å²) < 4.78 is 0. The molecule has 18 heavy (non-hydrogen) atoms. The van der Waals surface area contributed by atoms with E-state index in [1.165, 1.54) is 25.7 Å². The van der Waals surface area contributed by atoms with Gasteiger partial charge in [-0.2, -0.15) is 0 Å². The van der Waals surface area contributed by atoms with Crippen LogP contribution in [0.4, 0.5) is 0 Å². The average molecular weight is 269 g/mol. The molecule has 2 atom stereocenters. The third kappa shape index (κ3) is 9.66. The highest BCUT2D eigenvalue weighted by molar-refractivity contribution is 6.80. The third-order valence-electron chi connectivity index (χ3n) is 3.06. The number of rotatable bonds is 9. The van der Waals surface area contributed by atoms with Gasteiger partial charge in [0.1, 0.15) is 0 Å². The summed E-state index contributed by atoms with van der Waals surface area (Å²) in [5.74, 6) is 0.296. The molecule has 106 valence electrons. The van der Waals surface area contributed by atoms with Crippen molar-refractivity contribution in [3.63, 3.8) is 0 Å². The van der Waals surface area contributed by atoms with Crippen LogP contribution in [0, 0.1) is 5.92 Å². The molecule has 1 nitrogen and oxygen atoms in total. The quantitative estimate of drug-likeness (QED) is 0.356. The van der Waals surface area contributed by atoms with Crippen molar-refractivity contribution >= 4 is 8.07 Å².